The molecule has 2 amide bonds. The van der Waals surface area contributed by atoms with Crippen LogP contribution in [0.3, 0.4) is 0 Å². The van der Waals surface area contributed by atoms with Gasteiger partial charge in [-0.05, 0) is 31.4 Å². The van der Waals surface area contributed by atoms with Gasteiger partial charge in [0.05, 0.1) is 17.3 Å². The molecule has 2 aliphatic rings. The van der Waals surface area contributed by atoms with Crippen LogP contribution in [0.4, 0.5) is 4.79 Å². The molecule has 130 valence electrons. The van der Waals surface area contributed by atoms with Gasteiger partial charge >= 0.3 is 6.09 Å². The molecule has 3 heterocycles. The first-order valence-corrected chi connectivity index (χ1v) is 9.44. The van der Waals surface area contributed by atoms with Crippen molar-refractivity contribution in [2.75, 3.05) is 25.4 Å². The molecule has 1 aromatic rings. The van der Waals surface area contributed by atoms with Crippen molar-refractivity contribution in [1.29, 1.82) is 0 Å². The highest BCUT2D eigenvalue weighted by molar-refractivity contribution is 7.99. The molecule has 2 fully saturated rings. The summed E-state index contributed by atoms with van der Waals surface area (Å²) in [4.78, 5) is 32.2. The Labute approximate surface area is 146 Å². The fraction of sp³-hybridized carbons (Fsp3) is 0.588. The van der Waals surface area contributed by atoms with Gasteiger partial charge < -0.3 is 14.5 Å². The summed E-state index contributed by atoms with van der Waals surface area (Å²) in [5.41, 5.74) is 0. The van der Waals surface area contributed by atoms with Gasteiger partial charge in [0.1, 0.15) is 6.10 Å². The van der Waals surface area contributed by atoms with Gasteiger partial charge in [-0.25, -0.2) is 9.78 Å². The molecule has 1 atom stereocenters. The van der Waals surface area contributed by atoms with Crippen molar-refractivity contribution in [2.45, 2.75) is 43.4 Å². The number of hydrogen-bond donors (Lipinski definition) is 0. The van der Waals surface area contributed by atoms with Crippen molar-refractivity contribution in [3.8, 4) is 0 Å². The van der Waals surface area contributed by atoms with Crippen molar-refractivity contribution < 1.29 is 14.3 Å². The van der Waals surface area contributed by atoms with Crippen LogP contribution in [0, 0.1) is 0 Å². The van der Waals surface area contributed by atoms with Crippen molar-refractivity contribution in [3.05, 3.63) is 24.4 Å². The van der Waals surface area contributed by atoms with E-state index in [1.165, 1.54) is 11.8 Å². The minimum absolute atomic E-state index is 0.0203. The van der Waals surface area contributed by atoms with E-state index >= 15 is 0 Å². The van der Waals surface area contributed by atoms with E-state index in [4.69, 9.17) is 4.74 Å². The average molecular weight is 349 g/mol. The molecule has 3 rings (SSSR count). The van der Waals surface area contributed by atoms with Gasteiger partial charge in [-0.1, -0.05) is 24.8 Å². The number of cyclic esters (lactones) is 1. The SMILES string of the molecule is CCC1CN(C2CCN(C(=O)CSc3ccccn3)CC2)C(=O)O1. The number of aromatic nitrogens is 1. The Morgan fingerprint density at radius 1 is 1.38 bits per heavy atom. The molecule has 2 aliphatic heterocycles. The second-order valence-electron chi connectivity index (χ2n) is 6.13. The number of piperidine rings is 1. The van der Waals surface area contributed by atoms with E-state index in [1.807, 2.05) is 34.9 Å². The lowest BCUT2D eigenvalue weighted by Crippen LogP contribution is -2.47. The Bertz CT molecular complexity index is 576. The van der Waals surface area contributed by atoms with Gasteiger partial charge in [0.2, 0.25) is 5.91 Å². The lowest BCUT2D eigenvalue weighted by atomic mass is 10.0. The largest absolute Gasteiger partial charge is 0.444 e. The van der Waals surface area contributed by atoms with Gasteiger partial charge in [-0.15, -0.1) is 0 Å². The Kier molecular flexibility index (Phi) is 5.60. The van der Waals surface area contributed by atoms with Crippen molar-refractivity contribution in [1.82, 2.24) is 14.8 Å². The van der Waals surface area contributed by atoms with E-state index in [-0.39, 0.29) is 24.1 Å². The molecule has 24 heavy (non-hydrogen) atoms. The normalized spacial score (nSPS) is 21.9. The van der Waals surface area contributed by atoms with Crippen LogP contribution in [0.1, 0.15) is 26.2 Å². The van der Waals surface area contributed by atoms with Gasteiger partial charge in [0.15, 0.2) is 0 Å². The molecule has 1 aromatic heterocycles. The summed E-state index contributed by atoms with van der Waals surface area (Å²) in [7, 11) is 0. The predicted octanol–water partition coefficient (Wildman–Crippen LogP) is 2.40. The topological polar surface area (TPSA) is 62.7 Å². The number of pyridine rings is 1. The number of ether oxygens (including phenoxy) is 1. The first kappa shape index (κ1) is 17.1. The monoisotopic (exact) mass is 349 g/mol. The predicted molar refractivity (Wildman–Crippen MR) is 91.8 cm³/mol. The third kappa shape index (κ3) is 4.01. The number of hydrogen-bond acceptors (Lipinski definition) is 5. The van der Waals surface area contributed by atoms with Crippen LogP contribution in [0.2, 0.25) is 0 Å². The summed E-state index contributed by atoms with van der Waals surface area (Å²) in [6.45, 7) is 4.12. The zero-order chi connectivity index (χ0) is 16.9. The first-order chi connectivity index (χ1) is 11.7. The second kappa shape index (κ2) is 7.88. The molecule has 0 saturated carbocycles. The summed E-state index contributed by atoms with van der Waals surface area (Å²) in [5, 5.41) is 0.867. The van der Waals surface area contributed by atoms with Gasteiger partial charge in [0.25, 0.3) is 0 Å². The Hall–Kier alpha value is -1.76. The van der Waals surface area contributed by atoms with E-state index in [9.17, 15) is 9.59 Å². The van der Waals surface area contributed by atoms with Crippen LogP contribution in [0.5, 0.6) is 0 Å². The fourth-order valence-corrected chi connectivity index (χ4v) is 3.90. The first-order valence-electron chi connectivity index (χ1n) is 8.46. The summed E-state index contributed by atoms with van der Waals surface area (Å²) in [6.07, 6.45) is 4.06. The van der Waals surface area contributed by atoms with Gasteiger partial charge in [-0.3, -0.25) is 4.79 Å². The number of likely N-dealkylation sites (tertiary alicyclic amines) is 1. The maximum Gasteiger partial charge on any atom is 0.410 e. The van der Waals surface area contributed by atoms with Gasteiger partial charge in [-0.2, -0.15) is 0 Å². The molecule has 0 aromatic carbocycles. The standard InChI is InChI=1S/C17H23N3O3S/c1-2-14-11-20(17(22)23-14)13-6-9-19(10-7-13)16(21)12-24-15-5-3-4-8-18-15/h3-5,8,13-14H,2,6-7,9-12H2,1H3. The van der Waals surface area contributed by atoms with Crippen LogP contribution >= 0.6 is 11.8 Å². The molecule has 6 nitrogen and oxygen atoms in total. The molecule has 2 saturated heterocycles. The second-order valence-corrected chi connectivity index (χ2v) is 7.13. The number of carbonyl (C=O) groups excluding carboxylic acids is 2. The zero-order valence-electron chi connectivity index (χ0n) is 13.9. The molecular weight excluding hydrogens is 326 g/mol. The molecule has 0 spiro atoms. The van der Waals surface area contributed by atoms with Crippen LogP contribution in [0.25, 0.3) is 0 Å². The van der Waals surface area contributed by atoms with Crippen molar-refractivity contribution in [3.63, 3.8) is 0 Å². The minimum atomic E-state index is -0.197. The van der Waals surface area contributed by atoms with Crippen LogP contribution in [0.15, 0.2) is 29.4 Å². The van der Waals surface area contributed by atoms with E-state index < -0.39 is 0 Å². The van der Waals surface area contributed by atoms with E-state index in [1.54, 1.807) is 6.20 Å². The molecule has 0 N–H and O–H groups in total. The summed E-state index contributed by atoms with van der Waals surface area (Å²) < 4.78 is 5.33. The van der Waals surface area contributed by atoms with Crippen molar-refractivity contribution >= 4 is 23.8 Å². The fourth-order valence-electron chi connectivity index (χ4n) is 3.14. The highest BCUT2D eigenvalue weighted by atomic mass is 32.2. The van der Waals surface area contributed by atoms with Gasteiger partial charge in [0, 0.05) is 25.3 Å². The van der Waals surface area contributed by atoms with Crippen LogP contribution < -0.4 is 0 Å². The Morgan fingerprint density at radius 2 is 2.17 bits per heavy atom. The third-order valence-corrected chi connectivity index (χ3v) is 5.53. The molecular formula is C17H23N3O3S. The third-order valence-electron chi connectivity index (χ3n) is 4.60. The summed E-state index contributed by atoms with van der Waals surface area (Å²) in [5.74, 6) is 0.547. The quantitative estimate of drug-likeness (QED) is 0.764. The molecule has 0 radical (unpaired) electrons. The minimum Gasteiger partial charge on any atom is -0.444 e. The lowest BCUT2D eigenvalue weighted by molar-refractivity contribution is -0.129. The highest BCUT2D eigenvalue weighted by Crippen LogP contribution is 2.24. The number of thioether (sulfide) groups is 1. The zero-order valence-corrected chi connectivity index (χ0v) is 14.7. The molecule has 7 heteroatoms. The smallest absolute Gasteiger partial charge is 0.410 e. The average Bonchev–Trinajstić information content (AvgIpc) is 3.01. The number of rotatable bonds is 5. The summed E-state index contributed by atoms with van der Waals surface area (Å²) in [6, 6.07) is 5.89. The van der Waals surface area contributed by atoms with E-state index in [0.29, 0.717) is 25.4 Å². The number of carbonyl (C=O) groups is 2. The summed E-state index contributed by atoms with van der Waals surface area (Å²) >= 11 is 1.47. The highest BCUT2D eigenvalue weighted by Gasteiger charge is 2.37. The lowest BCUT2D eigenvalue weighted by Gasteiger charge is -2.35. The molecule has 0 aliphatic carbocycles. The Morgan fingerprint density at radius 3 is 2.79 bits per heavy atom. The maximum atomic E-state index is 12.3. The van der Waals surface area contributed by atoms with E-state index in [2.05, 4.69) is 4.98 Å². The molecule has 0 bridgehead atoms. The van der Waals surface area contributed by atoms with Crippen LogP contribution in [-0.4, -0.2) is 64.3 Å². The number of amides is 2. The number of nitrogens with zero attached hydrogens (tertiary/aromatic N) is 3. The van der Waals surface area contributed by atoms with Crippen LogP contribution in [-0.2, 0) is 9.53 Å². The maximum absolute atomic E-state index is 12.3. The Balaban J connectivity index is 1.45. The molecule has 1 unspecified atom stereocenters. The van der Waals surface area contributed by atoms with E-state index in [0.717, 1.165) is 24.3 Å². The van der Waals surface area contributed by atoms with Crippen molar-refractivity contribution in [2.24, 2.45) is 0 Å².